The lowest BCUT2D eigenvalue weighted by atomic mass is 9.79. The van der Waals surface area contributed by atoms with Gasteiger partial charge in [0.05, 0.1) is 0 Å². The van der Waals surface area contributed by atoms with E-state index in [0.29, 0.717) is 5.92 Å². The molecule has 0 amide bonds. The number of aryl methyl sites for hydroxylation is 1. The van der Waals surface area contributed by atoms with E-state index in [1.54, 1.807) is 0 Å². The first-order valence-corrected chi connectivity index (χ1v) is 23.2. The van der Waals surface area contributed by atoms with Crippen LogP contribution in [0.3, 0.4) is 0 Å². The molecule has 12 rings (SSSR count). The lowest BCUT2D eigenvalue weighted by molar-refractivity contribution is 0.612. The summed E-state index contributed by atoms with van der Waals surface area (Å²) in [6.07, 6.45) is 3.10. The van der Waals surface area contributed by atoms with E-state index in [9.17, 15) is 0 Å². The quantitative estimate of drug-likeness (QED) is 0.134. The highest BCUT2D eigenvalue weighted by atomic mass is 14.4. The molecule has 64 heavy (non-hydrogen) atoms. The molecule has 308 valence electrons. The van der Waals surface area contributed by atoms with Gasteiger partial charge < -0.3 is 0 Å². The fourth-order valence-corrected chi connectivity index (χ4v) is 11.6. The summed E-state index contributed by atoms with van der Waals surface area (Å²) in [4.78, 5) is 0. The predicted molar refractivity (Wildman–Crippen MR) is 273 cm³/mol. The summed E-state index contributed by atoms with van der Waals surface area (Å²) in [6, 6.07) is 75.9. The predicted octanol–water partition coefficient (Wildman–Crippen LogP) is 17.1. The van der Waals surface area contributed by atoms with E-state index < -0.39 is 0 Å². The second kappa shape index (κ2) is 14.8. The minimum absolute atomic E-state index is 0.0964. The Bertz CT molecular complexity index is 3470. The third-order valence-corrected chi connectivity index (χ3v) is 15.2. The Kier molecular flexibility index (Phi) is 8.93. The maximum atomic E-state index is 2.57. The molecule has 2 aliphatic rings. The smallest absolute Gasteiger partial charge is 0.0159 e. The molecule has 0 N–H and O–H groups in total. The summed E-state index contributed by atoms with van der Waals surface area (Å²) in [5, 5.41) is 7.84. The van der Waals surface area contributed by atoms with Crippen molar-refractivity contribution in [3.05, 3.63) is 239 Å². The molecular formula is C64H52. The van der Waals surface area contributed by atoms with Gasteiger partial charge in [-0.1, -0.05) is 210 Å². The molecule has 0 heterocycles. The zero-order chi connectivity index (χ0) is 43.2. The van der Waals surface area contributed by atoms with Gasteiger partial charge in [-0.25, -0.2) is 0 Å². The second-order valence-electron chi connectivity index (χ2n) is 19.6. The maximum absolute atomic E-state index is 2.57. The first-order valence-electron chi connectivity index (χ1n) is 23.2. The van der Waals surface area contributed by atoms with Crippen LogP contribution in [0, 0.1) is 0 Å². The van der Waals surface area contributed by atoms with Crippen molar-refractivity contribution in [2.75, 3.05) is 0 Å². The van der Waals surface area contributed by atoms with Gasteiger partial charge in [-0.15, -0.1) is 0 Å². The molecule has 0 bridgehead atoms. The molecule has 0 aliphatic heterocycles. The monoisotopic (exact) mass is 820 g/mol. The van der Waals surface area contributed by atoms with E-state index in [0.717, 1.165) is 19.3 Å². The van der Waals surface area contributed by atoms with Gasteiger partial charge in [-0.05, 0) is 159 Å². The summed E-state index contributed by atoms with van der Waals surface area (Å²) < 4.78 is 0. The molecule has 2 aliphatic carbocycles. The van der Waals surface area contributed by atoms with E-state index in [1.165, 1.54) is 116 Å². The number of hydrogen-bond donors (Lipinski definition) is 0. The third-order valence-electron chi connectivity index (χ3n) is 15.2. The highest BCUT2D eigenvalue weighted by molar-refractivity contribution is 6.14. The van der Waals surface area contributed by atoms with Crippen molar-refractivity contribution in [2.24, 2.45) is 0 Å². The van der Waals surface area contributed by atoms with Gasteiger partial charge in [0.2, 0.25) is 0 Å². The van der Waals surface area contributed by atoms with Crippen LogP contribution in [0.5, 0.6) is 0 Å². The molecule has 0 heteroatoms. The Morgan fingerprint density at radius 1 is 0.344 bits per heavy atom. The highest BCUT2D eigenvalue weighted by Crippen LogP contribution is 2.52. The van der Waals surface area contributed by atoms with Crippen molar-refractivity contribution in [1.82, 2.24) is 0 Å². The lowest BCUT2D eigenvalue weighted by Crippen LogP contribution is -2.16. The second-order valence-corrected chi connectivity index (χ2v) is 19.6. The van der Waals surface area contributed by atoms with Gasteiger partial charge in [0.15, 0.2) is 0 Å². The summed E-state index contributed by atoms with van der Waals surface area (Å²) in [5.74, 6) is 0.364. The number of rotatable bonds is 8. The van der Waals surface area contributed by atoms with Crippen LogP contribution in [0.1, 0.15) is 79.0 Å². The van der Waals surface area contributed by atoms with Crippen LogP contribution in [0.4, 0.5) is 0 Å². The Balaban J connectivity index is 0.874. The van der Waals surface area contributed by atoms with Crippen molar-refractivity contribution in [3.63, 3.8) is 0 Å². The molecule has 0 spiro atoms. The summed E-state index contributed by atoms with van der Waals surface area (Å²) >= 11 is 0. The van der Waals surface area contributed by atoms with Crippen molar-refractivity contribution in [2.45, 2.75) is 63.7 Å². The summed E-state index contributed by atoms with van der Waals surface area (Å²) in [6.45, 7) is 9.70. The van der Waals surface area contributed by atoms with Crippen molar-refractivity contribution < 1.29 is 0 Å². The standard InChI is InChI=1S/C64H52/c1-63(2)59-36-41(24-30-54(59)57-33-29-50(40-62(57)63)58-37-49-18-10-11-19-51(49)52-20-12-13-21-53(52)58)22-26-46(35-42-23-25-44-16-8-9-17-45(44)34-42)48-28-32-56-55-31-27-47(43-14-6-5-7-15-43)38-60(55)64(3,4)61(56)39-48/h5-21,23-25,27-34,36-40,46H,22,26,35H2,1-4H3. The molecule has 0 fully saturated rings. The molecule has 0 radical (unpaired) electrons. The minimum Gasteiger partial charge on any atom is -0.0622 e. The van der Waals surface area contributed by atoms with E-state index in [4.69, 9.17) is 0 Å². The molecule has 1 atom stereocenters. The molecule has 0 saturated heterocycles. The fraction of sp³-hybridized carbons (Fsp3) is 0.156. The average molecular weight is 821 g/mol. The summed E-state index contributed by atoms with van der Waals surface area (Å²) in [5.41, 5.74) is 20.4. The first kappa shape index (κ1) is 38.6. The average Bonchev–Trinajstić information content (AvgIpc) is 3.70. The van der Waals surface area contributed by atoms with E-state index >= 15 is 0 Å². The van der Waals surface area contributed by atoms with Crippen LogP contribution >= 0.6 is 0 Å². The number of benzene rings is 10. The van der Waals surface area contributed by atoms with Crippen LogP contribution in [0.2, 0.25) is 0 Å². The van der Waals surface area contributed by atoms with Gasteiger partial charge >= 0.3 is 0 Å². The van der Waals surface area contributed by atoms with Crippen molar-refractivity contribution in [3.8, 4) is 44.5 Å². The Morgan fingerprint density at radius 3 is 1.64 bits per heavy atom. The fourth-order valence-electron chi connectivity index (χ4n) is 11.6. The Labute approximate surface area is 377 Å². The molecule has 0 aromatic heterocycles. The molecule has 0 nitrogen and oxygen atoms in total. The number of fused-ring (bicyclic) bond motifs is 10. The molecule has 10 aromatic rings. The topological polar surface area (TPSA) is 0 Å². The van der Waals surface area contributed by atoms with Crippen LogP contribution in [0.25, 0.3) is 76.8 Å². The third kappa shape index (κ3) is 6.26. The molecule has 0 saturated carbocycles. The van der Waals surface area contributed by atoms with Gasteiger partial charge in [0.1, 0.15) is 0 Å². The van der Waals surface area contributed by atoms with Gasteiger partial charge in [-0.3, -0.25) is 0 Å². The summed E-state index contributed by atoms with van der Waals surface area (Å²) in [7, 11) is 0. The highest BCUT2D eigenvalue weighted by Gasteiger charge is 2.38. The Morgan fingerprint density at radius 2 is 0.891 bits per heavy atom. The van der Waals surface area contributed by atoms with E-state index in [-0.39, 0.29) is 10.8 Å². The lowest BCUT2D eigenvalue weighted by Gasteiger charge is -2.25. The number of hydrogen-bond acceptors (Lipinski definition) is 0. The SMILES string of the molecule is CC1(C)c2cc(CCC(Cc3ccc4ccccc4c3)c3ccc4c(c3)C(C)(C)c3cc(-c5ccccc5)ccc3-4)ccc2-c2ccc(-c3cc4ccccc4c4ccccc34)cc21. The van der Waals surface area contributed by atoms with Crippen molar-refractivity contribution >= 4 is 32.3 Å². The zero-order valence-corrected chi connectivity index (χ0v) is 37.3. The maximum Gasteiger partial charge on any atom is 0.0159 e. The molecule has 10 aromatic carbocycles. The normalized spacial score (nSPS) is 14.6. The van der Waals surface area contributed by atoms with Crippen LogP contribution in [-0.2, 0) is 23.7 Å². The van der Waals surface area contributed by atoms with Crippen LogP contribution in [-0.4, -0.2) is 0 Å². The van der Waals surface area contributed by atoms with Crippen LogP contribution < -0.4 is 0 Å². The van der Waals surface area contributed by atoms with Gasteiger partial charge in [-0.2, -0.15) is 0 Å². The van der Waals surface area contributed by atoms with Gasteiger partial charge in [0.25, 0.3) is 0 Å². The molecular weight excluding hydrogens is 769 g/mol. The zero-order valence-electron chi connectivity index (χ0n) is 37.3. The Hall–Kier alpha value is -7.02. The van der Waals surface area contributed by atoms with E-state index in [2.05, 4.69) is 228 Å². The first-order chi connectivity index (χ1) is 31.2. The van der Waals surface area contributed by atoms with Gasteiger partial charge in [0, 0.05) is 10.8 Å². The van der Waals surface area contributed by atoms with Crippen molar-refractivity contribution in [1.29, 1.82) is 0 Å². The van der Waals surface area contributed by atoms with Crippen LogP contribution in [0.15, 0.2) is 200 Å². The minimum atomic E-state index is -0.116. The van der Waals surface area contributed by atoms with E-state index in [1.807, 2.05) is 0 Å². The molecule has 1 unspecified atom stereocenters. The largest absolute Gasteiger partial charge is 0.0622 e.